The van der Waals surface area contributed by atoms with Gasteiger partial charge in [-0.2, -0.15) is 10.1 Å². The van der Waals surface area contributed by atoms with Gasteiger partial charge in [0.1, 0.15) is 11.2 Å². The minimum atomic E-state index is -0.282. The van der Waals surface area contributed by atoms with Crippen LogP contribution in [-0.4, -0.2) is 19.7 Å². The van der Waals surface area contributed by atoms with Crippen LogP contribution in [0.5, 0.6) is 0 Å². The fraction of sp³-hybridized carbons (Fsp3) is 0.312. The van der Waals surface area contributed by atoms with E-state index in [9.17, 15) is 9.18 Å². The molecule has 0 fully saturated rings. The maximum Gasteiger partial charge on any atom is 0.263 e. The van der Waals surface area contributed by atoms with Gasteiger partial charge >= 0.3 is 0 Å². The van der Waals surface area contributed by atoms with E-state index in [2.05, 4.69) is 20.4 Å². The van der Waals surface area contributed by atoms with Crippen molar-refractivity contribution in [1.82, 2.24) is 19.7 Å². The van der Waals surface area contributed by atoms with E-state index in [4.69, 9.17) is 0 Å². The number of nitrogens with one attached hydrogen (secondary N) is 2. The van der Waals surface area contributed by atoms with Gasteiger partial charge in [-0.25, -0.2) is 9.07 Å². The number of hydrogen-bond acceptors (Lipinski definition) is 4. The zero-order chi connectivity index (χ0) is 16.6. The molecule has 0 spiro atoms. The van der Waals surface area contributed by atoms with Crippen molar-refractivity contribution in [2.45, 2.75) is 32.9 Å². The summed E-state index contributed by atoms with van der Waals surface area (Å²) in [5.74, 6) is 0.0774. The summed E-state index contributed by atoms with van der Waals surface area (Å²) >= 11 is 0. The zero-order valence-corrected chi connectivity index (χ0v) is 13.2. The van der Waals surface area contributed by atoms with Crippen LogP contribution in [0.15, 0.2) is 35.3 Å². The van der Waals surface area contributed by atoms with Crippen molar-refractivity contribution >= 4 is 17.0 Å². The van der Waals surface area contributed by atoms with Gasteiger partial charge in [-0.05, 0) is 38.5 Å². The van der Waals surface area contributed by atoms with Crippen molar-refractivity contribution in [2.24, 2.45) is 0 Å². The first-order chi connectivity index (χ1) is 10.8. The Morgan fingerprint density at radius 2 is 1.96 bits per heavy atom. The molecule has 2 heterocycles. The van der Waals surface area contributed by atoms with Gasteiger partial charge in [-0.3, -0.25) is 9.78 Å². The Hall–Kier alpha value is -2.70. The van der Waals surface area contributed by atoms with Crippen molar-refractivity contribution in [2.75, 3.05) is 5.32 Å². The number of anilines is 1. The number of halogens is 1. The van der Waals surface area contributed by atoms with Crippen molar-refractivity contribution in [1.29, 1.82) is 0 Å². The highest BCUT2D eigenvalue weighted by Gasteiger charge is 2.19. The summed E-state index contributed by atoms with van der Waals surface area (Å²) < 4.78 is 14.6. The van der Waals surface area contributed by atoms with Gasteiger partial charge in [0.25, 0.3) is 5.56 Å². The van der Waals surface area contributed by atoms with Gasteiger partial charge in [0, 0.05) is 6.54 Å². The lowest BCUT2D eigenvalue weighted by atomic mass is 10.1. The quantitative estimate of drug-likeness (QED) is 0.779. The highest BCUT2D eigenvalue weighted by Crippen LogP contribution is 2.18. The first kappa shape index (κ1) is 15.2. The second kappa shape index (κ2) is 5.49. The van der Waals surface area contributed by atoms with Crippen LogP contribution in [-0.2, 0) is 12.1 Å². The Balaban J connectivity index is 1.92. The van der Waals surface area contributed by atoms with Crippen LogP contribution in [0.25, 0.3) is 11.0 Å². The predicted molar refractivity (Wildman–Crippen MR) is 86.9 cm³/mol. The summed E-state index contributed by atoms with van der Waals surface area (Å²) in [6, 6.07) is 6.15. The fourth-order valence-corrected chi connectivity index (χ4v) is 2.28. The normalized spacial score (nSPS) is 11.8. The van der Waals surface area contributed by atoms with Gasteiger partial charge in [0.2, 0.25) is 5.95 Å². The summed E-state index contributed by atoms with van der Waals surface area (Å²) in [5.41, 5.74) is 0.893. The molecule has 23 heavy (non-hydrogen) atoms. The van der Waals surface area contributed by atoms with E-state index in [1.54, 1.807) is 16.8 Å². The molecule has 0 aliphatic heterocycles. The Kier molecular flexibility index (Phi) is 3.63. The van der Waals surface area contributed by atoms with Crippen molar-refractivity contribution < 1.29 is 4.39 Å². The summed E-state index contributed by atoms with van der Waals surface area (Å²) in [6.07, 6.45) is 1.52. The summed E-state index contributed by atoms with van der Waals surface area (Å²) in [7, 11) is 0. The molecule has 120 valence electrons. The summed E-state index contributed by atoms with van der Waals surface area (Å²) in [5, 5.41) is 7.76. The average Bonchev–Trinajstić information content (AvgIpc) is 2.91. The number of H-pyrrole nitrogens is 1. The molecule has 2 aromatic heterocycles. The van der Waals surface area contributed by atoms with Crippen LogP contribution in [0, 0.1) is 5.82 Å². The standard InChI is InChI=1S/C16H18FN5O/c1-16(2,3)22-13-12(9-19-22)14(23)21-15(20-13)18-8-10-4-6-11(17)7-5-10/h4-7,9H,8H2,1-3H3,(H2,18,20,21,23). The van der Waals surface area contributed by atoms with E-state index >= 15 is 0 Å². The third-order valence-electron chi connectivity index (χ3n) is 3.45. The first-order valence-corrected chi connectivity index (χ1v) is 7.31. The van der Waals surface area contributed by atoms with Crippen molar-refractivity contribution in [3.8, 4) is 0 Å². The number of rotatable bonds is 3. The maximum absolute atomic E-state index is 12.9. The number of nitrogens with zero attached hydrogens (tertiary/aromatic N) is 3. The molecule has 0 atom stereocenters. The largest absolute Gasteiger partial charge is 0.352 e. The van der Waals surface area contributed by atoms with E-state index in [1.807, 2.05) is 20.8 Å². The lowest BCUT2D eigenvalue weighted by Gasteiger charge is -2.19. The molecule has 3 rings (SSSR count). The van der Waals surface area contributed by atoms with E-state index in [0.29, 0.717) is 23.5 Å². The SMILES string of the molecule is CC(C)(C)n1ncc2c(=O)[nH]c(NCc3ccc(F)cc3)nc21. The lowest BCUT2D eigenvalue weighted by molar-refractivity contribution is 0.366. The molecule has 0 unspecified atom stereocenters. The molecular formula is C16H18FN5O. The molecule has 6 nitrogen and oxygen atoms in total. The van der Waals surface area contributed by atoms with Crippen LogP contribution in [0.2, 0.25) is 0 Å². The molecule has 3 aromatic rings. The smallest absolute Gasteiger partial charge is 0.263 e. The number of aromatic nitrogens is 4. The molecule has 1 aromatic carbocycles. The molecule has 0 bridgehead atoms. The zero-order valence-electron chi connectivity index (χ0n) is 13.2. The Labute approximate surface area is 132 Å². The first-order valence-electron chi connectivity index (χ1n) is 7.31. The van der Waals surface area contributed by atoms with E-state index < -0.39 is 0 Å². The van der Waals surface area contributed by atoms with Gasteiger partial charge in [-0.1, -0.05) is 12.1 Å². The van der Waals surface area contributed by atoms with Crippen molar-refractivity contribution in [3.05, 3.63) is 52.2 Å². The predicted octanol–water partition coefficient (Wildman–Crippen LogP) is 2.63. The number of fused-ring (bicyclic) bond motifs is 1. The summed E-state index contributed by atoms with van der Waals surface area (Å²) in [6.45, 7) is 6.41. The number of aromatic amines is 1. The van der Waals surface area contributed by atoms with Crippen LogP contribution in [0.4, 0.5) is 10.3 Å². The fourth-order valence-electron chi connectivity index (χ4n) is 2.28. The molecular weight excluding hydrogens is 297 g/mol. The van der Waals surface area contributed by atoms with Gasteiger partial charge in [0.15, 0.2) is 5.65 Å². The topological polar surface area (TPSA) is 75.6 Å². The second-order valence-electron chi connectivity index (χ2n) is 6.36. The highest BCUT2D eigenvalue weighted by molar-refractivity contribution is 5.74. The third kappa shape index (κ3) is 3.08. The average molecular weight is 315 g/mol. The minimum absolute atomic E-state index is 0.243. The Morgan fingerprint density at radius 1 is 1.26 bits per heavy atom. The highest BCUT2D eigenvalue weighted by atomic mass is 19.1. The van der Waals surface area contributed by atoms with Gasteiger partial charge < -0.3 is 5.32 Å². The minimum Gasteiger partial charge on any atom is -0.352 e. The second-order valence-corrected chi connectivity index (χ2v) is 6.36. The molecule has 0 radical (unpaired) electrons. The molecule has 2 N–H and O–H groups in total. The van der Waals surface area contributed by atoms with E-state index in [-0.39, 0.29) is 16.9 Å². The van der Waals surface area contributed by atoms with Crippen LogP contribution in [0.3, 0.4) is 0 Å². The maximum atomic E-state index is 12.9. The van der Waals surface area contributed by atoms with Gasteiger partial charge in [-0.15, -0.1) is 0 Å². The van der Waals surface area contributed by atoms with E-state index in [1.165, 1.54) is 18.3 Å². The molecule has 7 heteroatoms. The molecule has 0 aliphatic rings. The Morgan fingerprint density at radius 3 is 2.61 bits per heavy atom. The number of benzene rings is 1. The molecule has 0 saturated carbocycles. The summed E-state index contributed by atoms with van der Waals surface area (Å²) in [4.78, 5) is 19.3. The van der Waals surface area contributed by atoms with E-state index in [0.717, 1.165) is 5.56 Å². The van der Waals surface area contributed by atoms with Crippen molar-refractivity contribution in [3.63, 3.8) is 0 Å². The molecule has 0 saturated heterocycles. The molecule has 0 aliphatic carbocycles. The Bertz CT molecular complexity index is 889. The monoisotopic (exact) mass is 315 g/mol. The van der Waals surface area contributed by atoms with Crippen LogP contribution < -0.4 is 10.9 Å². The lowest BCUT2D eigenvalue weighted by Crippen LogP contribution is -2.24. The third-order valence-corrected chi connectivity index (χ3v) is 3.45. The van der Waals surface area contributed by atoms with Gasteiger partial charge in [0.05, 0.1) is 11.7 Å². The molecule has 0 amide bonds. The van der Waals surface area contributed by atoms with Crippen LogP contribution >= 0.6 is 0 Å². The van der Waals surface area contributed by atoms with Crippen LogP contribution in [0.1, 0.15) is 26.3 Å². The number of hydrogen-bond donors (Lipinski definition) is 2.